The van der Waals surface area contributed by atoms with E-state index in [1.165, 1.54) is 0 Å². The average molecular weight is 240 g/mol. The van der Waals surface area contributed by atoms with E-state index in [9.17, 15) is 0 Å². The van der Waals surface area contributed by atoms with Crippen molar-refractivity contribution < 1.29 is 0 Å². The van der Waals surface area contributed by atoms with Gasteiger partial charge < -0.3 is 0 Å². The molecule has 0 aromatic carbocycles. The number of thiazole rings is 1. The van der Waals surface area contributed by atoms with Crippen LogP contribution in [0.5, 0.6) is 0 Å². The van der Waals surface area contributed by atoms with Gasteiger partial charge in [-0.15, -0.1) is 11.3 Å². The fourth-order valence-corrected chi connectivity index (χ4v) is 2.31. The summed E-state index contributed by atoms with van der Waals surface area (Å²) in [6.45, 7) is 4.27. The van der Waals surface area contributed by atoms with E-state index in [1.54, 1.807) is 16.8 Å². The summed E-state index contributed by atoms with van der Waals surface area (Å²) < 4.78 is 2.72. The molecule has 0 aliphatic heterocycles. The molecular formula is C9H12N4S2. The summed E-state index contributed by atoms with van der Waals surface area (Å²) in [6.07, 6.45) is 2.84. The molecule has 15 heavy (non-hydrogen) atoms. The largest absolute Gasteiger partial charge is 0.297 e. The second-order valence-electron chi connectivity index (χ2n) is 3.35. The Labute approximate surface area is 97.0 Å². The number of aromatic amines is 1. The quantitative estimate of drug-likeness (QED) is 0.839. The number of aromatic nitrogens is 4. The van der Waals surface area contributed by atoms with Crippen LogP contribution in [0, 0.1) is 4.77 Å². The molecule has 1 N–H and O–H groups in total. The van der Waals surface area contributed by atoms with Crippen LogP contribution in [0.2, 0.25) is 0 Å². The molecule has 4 nitrogen and oxygen atoms in total. The summed E-state index contributed by atoms with van der Waals surface area (Å²) in [7, 11) is 0. The highest BCUT2D eigenvalue weighted by atomic mass is 32.1. The molecule has 0 aliphatic rings. The molecule has 2 aromatic rings. The van der Waals surface area contributed by atoms with Gasteiger partial charge in [0.1, 0.15) is 0 Å². The van der Waals surface area contributed by atoms with Crippen molar-refractivity contribution in [2.24, 2.45) is 0 Å². The topological polar surface area (TPSA) is 46.5 Å². The molecule has 0 amide bonds. The minimum absolute atomic E-state index is 0.355. The summed E-state index contributed by atoms with van der Waals surface area (Å²) in [6, 6.07) is 0.355. The van der Waals surface area contributed by atoms with E-state index in [0.717, 1.165) is 17.1 Å². The van der Waals surface area contributed by atoms with E-state index >= 15 is 0 Å². The second kappa shape index (κ2) is 4.24. The van der Waals surface area contributed by atoms with Gasteiger partial charge in [0.2, 0.25) is 0 Å². The molecule has 2 aromatic heterocycles. The van der Waals surface area contributed by atoms with Crippen LogP contribution in [0.3, 0.4) is 0 Å². The molecule has 0 saturated carbocycles. The summed E-state index contributed by atoms with van der Waals surface area (Å²) in [5.41, 5.74) is 1.80. The zero-order valence-electron chi connectivity index (χ0n) is 8.60. The van der Waals surface area contributed by atoms with Crippen molar-refractivity contribution in [3.05, 3.63) is 16.5 Å². The number of nitrogens with zero attached hydrogens (tertiary/aromatic N) is 3. The summed E-state index contributed by atoms with van der Waals surface area (Å²) in [5.74, 6) is 0.886. The van der Waals surface area contributed by atoms with Crippen molar-refractivity contribution in [1.29, 1.82) is 0 Å². The van der Waals surface area contributed by atoms with E-state index in [2.05, 4.69) is 29.0 Å². The van der Waals surface area contributed by atoms with Crippen LogP contribution < -0.4 is 0 Å². The third-order valence-electron chi connectivity index (χ3n) is 2.39. The highest BCUT2D eigenvalue weighted by Gasteiger charge is 2.13. The number of rotatable bonds is 3. The Hall–Kier alpha value is -1.01. The maximum atomic E-state index is 5.22. The number of hydrogen-bond acceptors (Lipinski definition) is 4. The Morgan fingerprint density at radius 1 is 1.67 bits per heavy atom. The van der Waals surface area contributed by atoms with Gasteiger partial charge in [0.25, 0.3) is 0 Å². The lowest BCUT2D eigenvalue weighted by atomic mass is 10.2. The predicted octanol–water partition coefficient (Wildman–Crippen LogP) is 3.04. The molecule has 2 heterocycles. The second-order valence-corrected chi connectivity index (χ2v) is 4.62. The first-order valence-electron chi connectivity index (χ1n) is 4.79. The Morgan fingerprint density at radius 3 is 3.07 bits per heavy atom. The number of hydrogen-bond donors (Lipinski definition) is 1. The Bertz CT molecular complexity index is 482. The van der Waals surface area contributed by atoms with Crippen molar-refractivity contribution >= 4 is 23.6 Å². The fourth-order valence-electron chi connectivity index (χ4n) is 1.40. The zero-order chi connectivity index (χ0) is 10.8. The molecule has 0 radical (unpaired) electrons. The van der Waals surface area contributed by atoms with E-state index in [-0.39, 0.29) is 0 Å². The maximum Gasteiger partial charge on any atom is 0.195 e. The van der Waals surface area contributed by atoms with Crippen LogP contribution >= 0.6 is 23.6 Å². The van der Waals surface area contributed by atoms with Crippen molar-refractivity contribution in [3.63, 3.8) is 0 Å². The molecule has 1 atom stereocenters. The molecule has 0 spiro atoms. The highest BCUT2D eigenvalue weighted by molar-refractivity contribution is 7.71. The van der Waals surface area contributed by atoms with Gasteiger partial charge in [-0.25, -0.2) is 0 Å². The number of nitrogens with one attached hydrogen (secondary N) is 1. The van der Waals surface area contributed by atoms with Gasteiger partial charge in [-0.3, -0.25) is 14.6 Å². The van der Waals surface area contributed by atoms with Crippen LogP contribution in [-0.2, 0) is 0 Å². The molecule has 0 fully saturated rings. The van der Waals surface area contributed by atoms with Crippen molar-refractivity contribution in [2.75, 3.05) is 0 Å². The Kier molecular flexibility index (Phi) is 2.97. The lowest BCUT2D eigenvalue weighted by Crippen LogP contribution is -2.05. The number of H-pyrrole nitrogens is 1. The summed E-state index contributed by atoms with van der Waals surface area (Å²) in [4.78, 5) is 5.10. The van der Waals surface area contributed by atoms with E-state index in [0.29, 0.717) is 10.8 Å². The molecule has 0 aliphatic carbocycles. The molecular weight excluding hydrogens is 228 g/mol. The Balaban J connectivity index is 2.54. The Morgan fingerprint density at radius 2 is 2.47 bits per heavy atom. The van der Waals surface area contributed by atoms with Crippen molar-refractivity contribution in [3.8, 4) is 10.7 Å². The summed E-state index contributed by atoms with van der Waals surface area (Å²) in [5, 5.41) is 7.08. The van der Waals surface area contributed by atoms with Crippen molar-refractivity contribution in [2.45, 2.75) is 26.3 Å². The van der Waals surface area contributed by atoms with Crippen LogP contribution in [-0.4, -0.2) is 19.7 Å². The maximum absolute atomic E-state index is 5.22. The van der Waals surface area contributed by atoms with Crippen molar-refractivity contribution in [1.82, 2.24) is 19.7 Å². The van der Waals surface area contributed by atoms with Gasteiger partial charge in [0.15, 0.2) is 10.6 Å². The van der Waals surface area contributed by atoms with Crippen LogP contribution in [0.4, 0.5) is 0 Å². The minimum atomic E-state index is 0.355. The van der Waals surface area contributed by atoms with Gasteiger partial charge in [0, 0.05) is 12.2 Å². The fraction of sp³-hybridized carbons (Fsp3) is 0.444. The molecule has 1 unspecified atom stereocenters. The molecule has 2 rings (SSSR count). The molecule has 0 saturated heterocycles. The lowest BCUT2D eigenvalue weighted by molar-refractivity contribution is 0.529. The first-order chi connectivity index (χ1) is 7.24. The normalized spacial score (nSPS) is 12.9. The minimum Gasteiger partial charge on any atom is -0.297 e. The molecule has 80 valence electrons. The highest BCUT2D eigenvalue weighted by Crippen LogP contribution is 2.25. The van der Waals surface area contributed by atoms with Gasteiger partial charge in [0.05, 0.1) is 10.4 Å². The van der Waals surface area contributed by atoms with E-state index in [1.807, 2.05) is 10.8 Å². The third kappa shape index (κ3) is 1.87. The predicted molar refractivity (Wildman–Crippen MR) is 63.5 cm³/mol. The zero-order valence-corrected chi connectivity index (χ0v) is 10.2. The average Bonchev–Trinajstić information content (AvgIpc) is 2.85. The monoisotopic (exact) mass is 240 g/mol. The molecule has 0 bridgehead atoms. The lowest BCUT2D eigenvalue weighted by Gasteiger charge is -2.11. The molecule has 6 heteroatoms. The van der Waals surface area contributed by atoms with E-state index < -0.39 is 0 Å². The van der Waals surface area contributed by atoms with Crippen LogP contribution in [0.25, 0.3) is 10.7 Å². The van der Waals surface area contributed by atoms with Crippen LogP contribution in [0.1, 0.15) is 26.3 Å². The smallest absolute Gasteiger partial charge is 0.195 e. The van der Waals surface area contributed by atoms with E-state index in [4.69, 9.17) is 12.2 Å². The first kappa shape index (κ1) is 10.5. The SMILES string of the molecule is CCC(C)n1c(-c2cncs2)n[nH]c1=S. The van der Waals surface area contributed by atoms with Gasteiger partial charge in [-0.2, -0.15) is 5.10 Å². The van der Waals surface area contributed by atoms with Gasteiger partial charge in [-0.1, -0.05) is 6.92 Å². The standard InChI is InChI=1S/C9H12N4S2/c1-3-6(2)13-8(11-12-9(13)14)7-4-10-5-15-7/h4-6H,3H2,1-2H3,(H,12,14). The third-order valence-corrected chi connectivity index (χ3v) is 3.45. The first-order valence-corrected chi connectivity index (χ1v) is 6.08. The van der Waals surface area contributed by atoms with Crippen LogP contribution in [0.15, 0.2) is 11.7 Å². The van der Waals surface area contributed by atoms with Gasteiger partial charge >= 0.3 is 0 Å². The van der Waals surface area contributed by atoms with Gasteiger partial charge in [-0.05, 0) is 25.6 Å². The summed E-state index contributed by atoms with van der Waals surface area (Å²) >= 11 is 6.79.